The number of hydrogen-bond donors (Lipinski definition) is 0. The quantitative estimate of drug-likeness (QED) is 0.616. The zero-order valence-corrected chi connectivity index (χ0v) is 9.25. The highest BCUT2D eigenvalue weighted by atomic mass is 19.1. The molecule has 18 heavy (non-hydrogen) atoms. The number of aromatic nitrogens is 1. The minimum atomic E-state index is -0.624. The van der Waals surface area contributed by atoms with Crippen molar-refractivity contribution in [3.8, 4) is 5.75 Å². The maximum atomic E-state index is 12.9. The van der Waals surface area contributed by atoms with E-state index in [4.69, 9.17) is 4.74 Å². The first-order valence-corrected chi connectivity index (χ1v) is 5.13. The van der Waals surface area contributed by atoms with E-state index in [1.165, 1.54) is 30.5 Å². The standard InChI is InChI=1S/C12H9FN2O3/c13-10-4-1-3-9(7-10)8-18-11-5-2-6-14-12(11)15(16)17/h1-7H,8H2. The Balaban J connectivity index is 2.13. The Kier molecular flexibility index (Phi) is 3.47. The van der Waals surface area contributed by atoms with Gasteiger partial charge >= 0.3 is 5.82 Å². The van der Waals surface area contributed by atoms with E-state index in [0.717, 1.165) is 0 Å². The summed E-state index contributed by atoms with van der Waals surface area (Å²) in [6.07, 6.45) is 1.31. The van der Waals surface area contributed by atoms with Crippen molar-refractivity contribution in [1.29, 1.82) is 0 Å². The smallest absolute Gasteiger partial charge is 0.406 e. The number of hydrogen-bond acceptors (Lipinski definition) is 4. The Labute approximate surface area is 102 Å². The van der Waals surface area contributed by atoms with Gasteiger partial charge in [0.1, 0.15) is 18.6 Å². The molecule has 1 aromatic carbocycles. The van der Waals surface area contributed by atoms with Gasteiger partial charge in [-0.2, -0.15) is 0 Å². The van der Waals surface area contributed by atoms with E-state index in [-0.39, 0.29) is 24.0 Å². The largest absolute Gasteiger partial charge is 0.481 e. The highest BCUT2D eigenvalue weighted by Crippen LogP contribution is 2.23. The zero-order chi connectivity index (χ0) is 13.0. The summed E-state index contributed by atoms with van der Waals surface area (Å²) in [6, 6.07) is 8.83. The second-order valence-electron chi connectivity index (χ2n) is 3.50. The molecule has 2 aromatic rings. The molecule has 92 valence electrons. The lowest BCUT2D eigenvalue weighted by molar-refractivity contribution is -0.390. The van der Waals surface area contributed by atoms with Crippen LogP contribution >= 0.6 is 0 Å². The Morgan fingerprint density at radius 2 is 2.17 bits per heavy atom. The lowest BCUT2D eigenvalue weighted by Crippen LogP contribution is -2.00. The van der Waals surface area contributed by atoms with E-state index in [9.17, 15) is 14.5 Å². The lowest BCUT2D eigenvalue weighted by atomic mass is 10.2. The molecule has 0 saturated heterocycles. The summed E-state index contributed by atoms with van der Waals surface area (Å²) >= 11 is 0. The van der Waals surface area contributed by atoms with Crippen LogP contribution in [0.2, 0.25) is 0 Å². The topological polar surface area (TPSA) is 65.3 Å². The third kappa shape index (κ3) is 2.79. The predicted octanol–water partition coefficient (Wildman–Crippen LogP) is 2.71. The summed E-state index contributed by atoms with van der Waals surface area (Å²) < 4.78 is 18.2. The summed E-state index contributed by atoms with van der Waals surface area (Å²) in [4.78, 5) is 13.7. The minimum absolute atomic E-state index is 0.0459. The second kappa shape index (κ2) is 5.22. The van der Waals surface area contributed by atoms with E-state index < -0.39 is 4.92 Å². The SMILES string of the molecule is O=[N+]([O-])c1ncccc1OCc1cccc(F)c1. The van der Waals surface area contributed by atoms with Gasteiger partial charge in [0.05, 0.1) is 0 Å². The predicted molar refractivity (Wildman–Crippen MR) is 61.6 cm³/mol. The monoisotopic (exact) mass is 248 g/mol. The maximum Gasteiger partial charge on any atom is 0.406 e. The summed E-state index contributed by atoms with van der Waals surface area (Å²) in [5.74, 6) is -0.669. The molecule has 1 aromatic heterocycles. The fraction of sp³-hybridized carbons (Fsp3) is 0.0833. The Hall–Kier alpha value is -2.50. The molecular weight excluding hydrogens is 239 g/mol. The number of nitrogens with zero attached hydrogens (tertiary/aromatic N) is 2. The molecule has 0 bridgehead atoms. The van der Waals surface area contributed by atoms with Crippen LogP contribution in [-0.2, 0) is 6.61 Å². The number of ether oxygens (including phenoxy) is 1. The van der Waals surface area contributed by atoms with Crippen LogP contribution < -0.4 is 4.74 Å². The van der Waals surface area contributed by atoms with E-state index in [1.54, 1.807) is 12.1 Å². The van der Waals surface area contributed by atoms with E-state index in [2.05, 4.69) is 4.98 Å². The maximum absolute atomic E-state index is 12.9. The van der Waals surface area contributed by atoms with Crippen molar-refractivity contribution in [2.75, 3.05) is 0 Å². The Morgan fingerprint density at radius 3 is 2.89 bits per heavy atom. The van der Waals surface area contributed by atoms with Crippen LogP contribution in [0.15, 0.2) is 42.6 Å². The highest BCUT2D eigenvalue weighted by Gasteiger charge is 2.15. The Bertz CT molecular complexity index is 575. The van der Waals surface area contributed by atoms with E-state index in [0.29, 0.717) is 5.56 Å². The average Bonchev–Trinajstić information content (AvgIpc) is 2.37. The van der Waals surface area contributed by atoms with Crippen LogP contribution in [-0.4, -0.2) is 9.91 Å². The number of benzene rings is 1. The summed E-state index contributed by atoms with van der Waals surface area (Å²) in [7, 11) is 0. The van der Waals surface area contributed by atoms with Gasteiger partial charge in [0.15, 0.2) is 0 Å². The summed E-state index contributed by atoms with van der Waals surface area (Å²) in [5, 5.41) is 10.7. The van der Waals surface area contributed by atoms with Crippen molar-refractivity contribution in [2.45, 2.75) is 6.61 Å². The van der Waals surface area contributed by atoms with Crippen LogP contribution in [0.5, 0.6) is 5.75 Å². The number of nitro groups is 1. The summed E-state index contributed by atoms with van der Waals surface area (Å²) in [6.45, 7) is 0.0459. The van der Waals surface area contributed by atoms with Gasteiger partial charge in [0.25, 0.3) is 0 Å². The molecular formula is C12H9FN2O3. The van der Waals surface area contributed by atoms with Crippen LogP contribution in [0, 0.1) is 15.9 Å². The molecule has 0 aliphatic heterocycles. The summed E-state index contributed by atoms with van der Waals surface area (Å²) in [5.41, 5.74) is 0.591. The third-order valence-corrected chi connectivity index (χ3v) is 2.21. The van der Waals surface area contributed by atoms with Crippen molar-refractivity contribution in [1.82, 2.24) is 4.98 Å². The Morgan fingerprint density at radius 1 is 1.33 bits per heavy atom. The van der Waals surface area contributed by atoms with Crippen molar-refractivity contribution in [2.24, 2.45) is 0 Å². The van der Waals surface area contributed by atoms with E-state index in [1.807, 2.05) is 0 Å². The van der Waals surface area contributed by atoms with Gasteiger partial charge in [-0.3, -0.25) is 0 Å². The first kappa shape index (κ1) is 12.0. The first-order chi connectivity index (χ1) is 8.66. The number of pyridine rings is 1. The molecule has 0 unspecified atom stereocenters. The van der Waals surface area contributed by atoms with Crippen molar-refractivity contribution < 1.29 is 14.1 Å². The fourth-order valence-electron chi connectivity index (χ4n) is 1.42. The van der Waals surface area contributed by atoms with Gasteiger partial charge in [-0.1, -0.05) is 12.1 Å². The second-order valence-corrected chi connectivity index (χ2v) is 3.50. The molecule has 0 amide bonds. The van der Waals surface area contributed by atoms with Gasteiger partial charge in [0.2, 0.25) is 5.75 Å². The van der Waals surface area contributed by atoms with Crippen LogP contribution in [0.3, 0.4) is 0 Å². The fourth-order valence-corrected chi connectivity index (χ4v) is 1.42. The van der Waals surface area contributed by atoms with Crippen molar-refractivity contribution in [3.63, 3.8) is 0 Å². The number of halogens is 1. The van der Waals surface area contributed by atoms with Crippen LogP contribution in [0.25, 0.3) is 0 Å². The van der Waals surface area contributed by atoms with Gasteiger partial charge in [-0.25, -0.2) is 4.39 Å². The van der Waals surface area contributed by atoms with Gasteiger partial charge in [-0.05, 0) is 39.7 Å². The minimum Gasteiger partial charge on any atom is -0.481 e. The highest BCUT2D eigenvalue weighted by molar-refractivity contribution is 5.38. The van der Waals surface area contributed by atoms with Crippen molar-refractivity contribution in [3.05, 3.63) is 64.1 Å². The van der Waals surface area contributed by atoms with Gasteiger partial charge in [0, 0.05) is 0 Å². The molecule has 0 saturated carbocycles. The molecule has 6 heteroatoms. The lowest BCUT2D eigenvalue weighted by Gasteiger charge is -2.06. The molecule has 0 spiro atoms. The average molecular weight is 248 g/mol. The molecule has 0 radical (unpaired) electrons. The first-order valence-electron chi connectivity index (χ1n) is 5.13. The molecule has 0 atom stereocenters. The molecule has 2 rings (SSSR count). The van der Waals surface area contributed by atoms with Gasteiger partial charge < -0.3 is 14.9 Å². The molecule has 0 fully saturated rings. The molecule has 5 nitrogen and oxygen atoms in total. The third-order valence-electron chi connectivity index (χ3n) is 2.21. The zero-order valence-electron chi connectivity index (χ0n) is 9.25. The normalized spacial score (nSPS) is 10.1. The van der Waals surface area contributed by atoms with E-state index >= 15 is 0 Å². The molecule has 0 N–H and O–H groups in total. The van der Waals surface area contributed by atoms with Crippen molar-refractivity contribution >= 4 is 5.82 Å². The van der Waals surface area contributed by atoms with Gasteiger partial charge in [-0.15, -0.1) is 0 Å². The number of rotatable bonds is 4. The van der Waals surface area contributed by atoms with Crippen LogP contribution in [0.1, 0.15) is 5.56 Å². The molecule has 1 heterocycles. The molecule has 0 aliphatic carbocycles. The van der Waals surface area contributed by atoms with Crippen LogP contribution in [0.4, 0.5) is 10.2 Å². The molecule has 0 aliphatic rings.